The van der Waals surface area contributed by atoms with Gasteiger partial charge in [-0.1, -0.05) is 0 Å². The van der Waals surface area contributed by atoms with Gasteiger partial charge in [0.1, 0.15) is 17.6 Å². The van der Waals surface area contributed by atoms with E-state index in [-0.39, 0.29) is 11.5 Å². The molecule has 0 amide bonds. The van der Waals surface area contributed by atoms with Crippen LogP contribution in [0.4, 0.5) is 19.0 Å². The predicted molar refractivity (Wildman–Crippen MR) is 43.9 cm³/mol. The molecule has 0 unspecified atom stereocenters. The molecule has 1 aliphatic heterocycles. The molecule has 0 saturated carbocycles. The average molecular weight is 214 g/mol. The maximum Gasteiger partial charge on any atom is 0.451 e. The monoisotopic (exact) mass is 214 g/mol. The Morgan fingerprint density at radius 2 is 2.07 bits per heavy atom. The molecule has 1 N–H and O–H groups in total. The highest BCUT2D eigenvalue weighted by atomic mass is 19.4. The molecular weight excluding hydrogens is 209 g/mol. The van der Waals surface area contributed by atoms with Crippen LogP contribution >= 0.6 is 0 Å². The topological polar surface area (TPSA) is 61.6 Å². The SMILES string of the molecule is N#Cc1nc(C(F)(F)F)nc2c1CCN2. The van der Waals surface area contributed by atoms with Gasteiger partial charge in [0.15, 0.2) is 0 Å². The first-order valence-electron chi connectivity index (χ1n) is 4.14. The fourth-order valence-corrected chi connectivity index (χ4v) is 1.39. The number of hydrogen-bond donors (Lipinski definition) is 1. The van der Waals surface area contributed by atoms with E-state index in [1.165, 1.54) is 0 Å². The van der Waals surface area contributed by atoms with Crippen LogP contribution in [0.2, 0.25) is 0 Å². The van der Waals surface area contributed by atoms with E-state index >= 15 is 0 Å². The highest BCUT2D eigenvalue weighted by Gasteiger charge is 2.37. The second kappa shape index (κ2) is 3.08. The third-order valence-corrected chi connectivity index (χ3v) is 2.03. The first-order valence-corrected chi connectivity index (χ1v) is 4.14. The van der Waals surface area contributed by atoms with E-state index in [4.69, 9.17) is 5.26 Å². The lowest BCUT2D eigenvalue weighted by Gasteiger charge is -2.07. The molecule has 0 atom stereocenters. The normalized spacial score (nSPS) is 14.3. The van der Waals surface area contributed by atoms with Crippen molar-refractivity contribution in [2.24, 2.45) is 0 Å². The zero-order chi connectivity index (χ0) is 11.1. The van der Waals surface area contributed by atoms with Crippen molar-refractivity contribution in [1.29, 1.82) is 5.26 Å². The van der Waals surface area contributed by atoms with Crippen LogP contribution in [-0.4, -0.2) is 16.5 Å². The van der Waals surface area contributed by atoms with Gasteiger partial charge < -0.3 is 5.32 Å². The fourth-order valence-electron chi connectivity index (χ4n) is 1.39. The van der Waals surface area contributed by atoms with Crippen LogP contribution in [-0.2, 0) is 12.6 Å². The van der Waals surface area contributed by atoms with Gasteiger partial charge in [-0.2, -0.15) is 18.4 Å². The largest absolute Gasteiger partial charge is 0.451 e. The van der Waals surface area contributed by atoms with Crippen molar-refractivity contribution in [3.8, 4) is 6.07 Å². The Morgan fingerprint density at radius 3 is 2.67 bits per heavy atom. The Balaban J connectivity index is 2.59. The number of hydrogen-bond acceptors (Lipinski definition) is 4. The standard InChI is InChI=1S/C8H5F3N4/c9-8(10,11)7-14-5(3-12)4-1-2-13-6(4)15-7/h1-2H2,(H,13,14,15). The van der Waals surface area contributed by atoms with Crippen molar-refractivity contribution in [2.75, 3.05) is 11.9 Å². The summed E-state index contributed by atoms with van der Waals surface area (Å²) in [6, 6.07) is 1.65. The Kier molecular flexibility index (Phi) is 2.00. The number of nitriles is 1. The van der Waals surface area contributed by atoms with Crippen molar-refractivity contribution in [3.05, 3.63) is 17.1 Å². The molecule has 4 nitrogen and oxygen atoms in total. The molecule has 1 aromatic rings. The minimum absolute atomic E-state index is 0.119. The molecule has 0 aliphatic carbocycles. The van der Waals surface area contributed by atoms with Crippen LogP contribution in [0.15, 0.2) is 0 Å². The van der Waals surface area contributed by atoms with Gasteiger partial charge in [-0.15, -0.1) is 0 Å². The highest BCUT2D eigenvalue weighted by molar-refractivity contribution is 5.54. The van der Waals surface area contributed by atoms with E-state index in [1.807, 2.05) is 0 Å². The zero-order valence-corrected chi connectivity index (χ0v) is 7.39. The lowest BCUT2D eigenvalue weighted by Crippen LogP contribution is -2.13. The molecule has 2 heterocycles. The fraction of sp³-hybridized carbons (Fsp3) is 0.375. The predicted octanol–water partition coefficient (Wildman–Crippen LogP) is 1.34. The van der Waals surface area contributed by atoms with Crippen LogP contribution in [0.25, 0.3) is 0 Å². The van der Waals surface area contributed by atoms with E-state index < -0.39 is 12.0 Å². The molecule has 0 spiro atoms. The lowest BCUT2D eigenvalue weighted by molar-refractivity contribution is -0.144. The highest BCUT2D eigenvalue weighted by Crippen LogP contribution is 2.30. The molecule has 0 aromatic carbocycles. The van der Waals surface area contributed by atoms with Crippen molar-refractivity contribution in [2.45, 2.75) is 12.6 Å². The van der Waals surface area contributed by atoms with E-state index in [9.17, 15) is 13.2 Å². The van der Waals surface area contributed by atoms with Gasteiger partial charge in [0.05, 0.1) is 0 Å². The molecule has 2 rings (SSSR count). The number of fused-ring (bicyclic) bond motifs is 1. The molecule has 15 heavy (non-hydrogen) atoms. The first-order chi connectivity index (χ1) is 7.02. The van der Waals surface area contributed by atoms with Crippen molar-refractivity contribution < 1.29 is 13.2 Å². The molecular formula is C8H5F3N4. The maximum atomic E-state index is 12.3. The van der Waals surface area contributed by atoms with Crippen LogP contribution < -0.4 is 5.32 Å². The number of nitrogens with one attached hydrogen (secondary N) is 1. The summed E-state index contributed by atoms with van der Waals surface area (Å²) in [5.74, 6) is -1.15. The second-order valence-electron chi connectivity index (χ2n) is 3.01. The van der Waals surface area contributed by atoms with Gasteiger partial charge in [0.25, 0.3) is 0 Å². The van der Waals surface area contributed by atoms with Gasteiger partial charge >= 0.3 is 6.18 Å². The third kappa shape index (κ3) is 1.58. The molecule has 0 bridgehead atoms. The van der Waals surface area contributed by atoms with Crippen molar-refractivity contribution in [3.63, 3.8) is 0 Å². The summed E-state index contributed by atoms with van der Waals surface area (Å²) in [5, 5.41) is 11.3. The van der Waals surface area contributed by atoms with E-state index in [0.29, 0.717) is 18.5 Å². The van der Waals surface area contributed by atoms with Gasteiger partial charge in [-0.3, -0.25) is 0 Å². The second-order valence-corrected chi connectivity index (χ2v) is 3.01. The maximum absolute atomic E-state index is 12.3. The number of nitrogens with zero attached hydrogens (tertiary/aromatic N) is 3. The zero-order valence-electron chi connectivity index (χ0n) is 7.39. The lowest BCUT2D eigenvalue weighted by atomic mass is 10.2. The van der Waals surface area contributed by atoms with Crippen molar-refractivity contribution in [1.82, 2.24) is 9.97 Å². The molecule has 0 radical (unpaired) electrons. The van der Waals surface area contributed by atoms with Crippen LogP contribution in [0.5, 0.6) is 0 Å². The van der Waals surface area contributed by atoms with E-state index in [1.54, 1.807) is 6.07 Å². The Labute approximate surface area is 82.8 Å². The van der Waals surface area contributed by atoms with Gasteiger partial charge in [-0.05, 0) is 6.42 Å². The van der Waals surface area contributed by atoms with Crippen LogP contribution in [0.1, 0.15) is 17.1 Å². The molecule has 1 aromatic heterocycles. The minimum Gasteiger partial charge on any atom is -0.369 e. The van der Waals surface area contributed by atoms with Gasteiger partial charge in [0, 0.05) is 12.1 Å². The summed E-state index contributed by atoms with van der Waals surface area (Å²) in [6.07, 6.45) is -4.14. The molecule has 0 saturated heterocycles. The van der Waals surface area contributed by atoms with Crippen molar-refractivity contribution >= 4 is 5.82 Å². The smallest absolute Gasteiger partial charge is 0.369 e. The van der Waals surface area contributed by atoms with Crippen LogP contribution in [0.3, 0.4) is 0 Å². The number of anilines is 1. The molecule has 1 aliphatic rings. The first kappa shape index (κ1) is 9.71. The van der Waals surface area contributed by atoms with Crippen LogP contribution in [0, 0.1) is 11.3 Å². The summed E-state index contributed by atoms with van der Waals surface area (Å²) in [4.78, 5) is 6.53. The summed E-state index contributed by atoms with van der Waals surface area (Å²) >= 11 is 0. The Bertz CT molecular complexity index is 446. The van der Waals surface area contributed by atoms with Gasteiger partial charge in [-0.25, -0.2) is 9.97 Å². The number of alkyl halides is 3. The molecule has 7 heteroatoms. The summed E-state index contributed by atoms with van der Waals surface area (Å²) in [7, 11) is 0. The Hall–Kier alpha value is -1.84. The van der Waals surface area contributed by atoms with E-state index in [0.717, 1.165) is 0 Å². The molecule has 78 valence electrons. The van der Waals surface area contributed by atoms with E-state index in [2.05, 4.69) is 15.3 Å². The Morgan fingerprint density at radius 1 is 1.33 bits per heavy atom. The summed E-state index contributed by atoms with van der Waals surface area (Å²) in [6.45, 7) is 0.486. The summed E-state index contributed by atoms with van der Waals surface area (Å²) in [5.41, 5.74) is 0.267. The number of rotatable bonds is 0. The average Bonchev–Trinajstić information content (AvgIpc) is 2.62. The number of halogens is 3. The third-order valence-electron chi connectivity index (χ3n) is 2.03. The molecule has 0 fully saturated rings. The quantitative estimate of drug-likeness (QED) is 0.707. The number of aromatic nitrogens is 2. The van der Waals surface area contributed by atoms with Gasteiger partial charge in [0.2, 0.25) is 5.82 Å². The minimum atomic E-state index is -4.62. The summed E-state index contributed by atoms with van der Waals surface area (Å²) < 4.78 is 36.9.